The molecule has 2 bridgehead atoms. The number of amides is 1. The Labute approximate surface area is 162 Å². The van der Waals surface area contributed by atoms with Crippen molar-refractivity contribution in [2.24, 2.45) is 0 Å². The Morgan fingerprint density at radius 1 is 1.29 bits per heavy atom. The molecule has 5 rings (SSSR count). The van der Waals surface area contributed by atoms with E-state index in [-0.39, 0.29) is 11.9 Å². The zero-order valence-electron chi connectivity index (χ0n) is 15.8. The van der Waals surface area contributed by atoms with E-state index in [1.54, 1.807) is 10.7 Å². The van der Waals surface area contributed by atoms with E-state index in [9.17, 15) is 4.79 Å². The summed E-state index contributed by atoms with van der Waals surface area (Å²) in [6, 6.07) is 4.28. The molecule has 0 radical (unpaired) electrons. The fourth-order valence-corrected chi connectivity index (χ4v) is 4.02. The monoisotopic (exact) mass is 378 g/mol. The minimum absolute atomic E-state index is 0.153. The third kappa shape index (κ3) is 2.85. The van der Waals surface area contributed by atoms with Crippen LogP contribution in [0.15, 0.2) is 30.7 Å². The molecular formula is C20H22N6O2. The lowest BCUT2D eigenvalue weighted by molar-refractivity contribution is 0.0953. The molecule has 0 saturated carbocycles. The third-order valence-corrected chi connectivity index (χ3v) is 5.37. The van der Waals surface area contributed by atoms with E-state index >= 15 is 0 Å². The van der Waals surface area contributed by atoms with Gasteiger partial charge in [0.25, 0.3) is 5.91 Å². The Morgan fingerprint density at radius 3 is 3.14 bits per heavy atom. The molecule has 0 aromatic carbocycles. The Hall–Kier alpha value is -3.16. The number of hydrogen-bond acceptors (Lipinski definition) is 6. The normalized spacial score (nSPS) is 19.7. The molecule has 1 atom stereocenters. The Kier molecular flexibility index (Phi) is 4.11. The second kappa shape index (κ2) is 6.78. The highest BCUT2D eigenvalue weighted by Crippen LogP contribution is 2.39. The molecule has 2 aliphatic rings. The van der Waals surface area contributed by atoms with E-state index < -0.39 is 0 Å². The lowest BCUT2D eigenvalue weighted by atomic mass is 10.0. The van der Waals surface area contributed by atoms with Crippen molar-refractivity contribution in [3.05, 3.63) is 47.4 Å². The summed E-state index contributed by atoms with van der Waals surface area (Å²) in [6.45, 7) is 3.98. The van der Waals surface area contributed by atoms with Gasteiger partial charge < -0.3 is 15.0 Å². The summed E-state index contributed by atoms with van der Waals surface area (Å²) >= 11 is 0. The second-order valence-corrected chi connectivity index (χ2v) is 7.33. The van der Waals surface area contributed by atoms with Crippen LogP contribution >= 0.6 is 0 Å². The number of nitrogens with zero attached hydrogens (tertiary/aromatic N) is 5. The number of anilines is 1. The zero-order valence-corrected chi connectivity index (χ0v) is 15.8. The highest BCUT2D eigenvalue weighted by Gasteiger charge is 2.31. The Bertz CT molecular complexity index is 1050. The van der Waals surface area contributed by atoms with Gasteiger partial charge in [-0.15, -0.1) is 0 Å². The van der Waals surface area contributed by atoms with E-state index in [1.807, 2.05) is 18.5 Å². The standard InChI is InChI=1S/C20H22N6O2/c1-13-10-14-16-4-2-7-25(16)17-5-8-26-18(24-17)15(12-23-26)19(27)21-6-3-9-28-20(14)22-11-13/h5,8,10-12,16H,2-4,6-7,9H2,1H3,(H,21,27)/t16-/m1/s1. The van der Waals surface area contributed by atoms with Gasteiger partial charge in [0.15, 0.2) is 5.65 Å². The molecule has 5 heterocycles. The number of aryl methyl sites for hydroxylation is 1. The highest BCUT2D eigenvalue weighted by molar-refractivity contribution is 5.99. The summed E-state index contributed by atoms with van der Waals surface area (Å²) in [7, 11) is 0. The summed E-state index contributed by atoms with van der Waals surface area (Å²) in [6.07, 6.45) is 8.06. The predicted molar refractivity (Wildman–Crippen MR) is 104 cm³/mol. The van der Waals surface area contributed by atoms with Gasteiger partial charge in [-0.3, -0.25) is 4.79 Å². The van der Waals surface area contributed by atoms with Gasteiger partial charge in [0, 0.05) is 31.0 Å². The Balaban J connectivity index is 1.65. The van der Waals surface area contributed by atoms with E-state index in [0.29, 0.717) is 36.7 Å². The summed E-state index contributed by atoms with van der Waals surface area (Å²) < 4.78 is 7.65. The molecule has 1 fully saturated rings. The van der Waals surface area contributed by atoms with E-state index in [4.69, 9.17) is 9.72 Å². The smallest absolute Gasteiger partial charge is 0.256 e. The number of carbonyl (C=O) groups excluding carboxylic acids is 1. The minimum atomic E-state index is -0.163. The first-order valence-electron chi connectivity index (χ1n) is 9.69. The first-order valence-corrected chi connectivity index (χ1v) is 9.69. The predicted octanol–water partition coefficient (Wildman–Crippen LogP) is 2.29. The van der Waals surface area contributed by atoms with Gasteiger partial charge in [0.2, 0.25) is 5.88 Å². The van der Waals surface area contributed by atoms with Crippen LogP contribution in [-0.4, -0.2) is 45.2 Å². The van der Waals surface area contributed by atoms with Crippen LogP contribution in [0.3, 0.4) is 0 Å². The molecule has 3 aromatic rings. The average molecular weight is 378 g/mol. The number of ether oxygens (including phenoxy) is 1. The lowest BCUT2D eigenvalue weighted by Crippen LogP contribution is -2.27. The maximum absolute atomic E-state index is 12.6. The summed E-state index contributed by atoms with van der Waals surface area (Å²) in [5.74, 6) is 1.36. The van der Waals surface area contributed by atoms with Gasteiger partial charge in [-0.05, 0) is 43.9 Å². The molecule has 1 amide bonds. The van der Waals surface area contributed by atoms with E-state index in [0.717, 1.165) is 36.3 Å². The van der Waals surface area contributed by atoms with Crippen molar-refractivity contribution in [2.45, 2.75) is 32.2 Å². The van der Waals surface area contributed by atoms with Gasteiger partial charge in [-0.25, -0.2) is 14.5 Å². The van der Waals surface area contributed by atoms with E-state index in [1.165, 1.54) is 0 Å². The van der Waals surface area contributed by atoms with Crippen molar-refractivity contribution >= 4 is 17.4 Å². The van der Waals surface area contributed by atoms with Crippen LogP contribution in [0.5, 0.6) is 5.88 Å². The van der Waals surface area contributed by atoms with Crippen LogP contribution in [0.25, 0.3) is 5.65 Å². The molecule has 0 unspecified atom stereocenters. The zero-order chi connectivity index (χ0) is 19.1. The van der Waals surface area contributed by atoms with Crippen LogP contribution < -0.4 is 15.0 Å². The minimum Gasteiger partial charge on any atom is -0.477 e. The van der Waals surface area contributed by atoms with Gasteiger partial charge in [-0.2, -0.15) is 5.10 Å². The average Bonchev–Trinajstić information content (AvgIpc) is 3.34. The second-order valence-electron chi connectivity index (χ2n) is 7.33. The molecule has 8 heteroatoms. The number of fused-ring (bicyclic) bond motifs is 5. The first-order chi connectivity index (χ1) is 13.7. The number of nitrogens with one attached hydrogen (secondary N) is 1. The van der Waals surface area contributed by atoms with Crippen molar-refractivity contribution in [3.63, 3.8) is 0 Å². The highest BCUT2D eigenvalue weighted by atomic mass is 16.5. The topological polar surface area (TPSA) is 84.7 Å². The molecule has 1 saturated heterocycles. The first kappa shape index (κ1) is 17.0. The number of pyridine rings is 1. The molecular weight excluding hydrogens is 356 g/mol. The van der Waals surface area contributed by atoms with Crippen molar-refractivity contribution in [2.75, 3.05) is 24.6 Å². The van der Waals surface area contributed by atoms with Gasteiger partial charge in [0.1, 0.15) is 11.4 Å². The maximum Gasteiger partial charge on any atom is 0.256 e. The van der Waals surface area contributed by atoms with Crippen LogP contribution in [0, 0.1) is 6.92 Å². The van der Waals surface area contributed by atoms with Crippen molar-refractivity contribution < 1.29 is 9.53 Å². The maximum atomic E-state index is 12.6. The third-order valence-electron chi connectivity index (χ3n) is 5.37. The van der Waals surface area contributed by atoms with Crippen molar-refractivity contribution in [1.82, 2.24) is 24.9 Å². The van der Waals surface area contributed by atoms with Crippen LogP contribution in [0.4, 0.5) is 5.82 Å². The molecule has 8 nitrogen and oxygen atoms in total. The van der Waals surface area contributed by atoms with E-state index in [2.05, 4.69) is 33.3 Å². The van der Waals surface area contributed by atoms with Crippen LogP contribution in [0.1, 0.15) is 46.8 Å². The van der Waals surface area contributed by atoms with Crippen LogP contribution in [0.2, 0.25) is 0 Å². The van der Waals surface area contributed by atoms with Crippen molar-refractivity contribution in [3.8, 4) is 5.88 Å². The largest absolute Gasteiger partial charge is 0.477 e. The van der Waals surface area contributed by atoms with Crippen molar-refractivity contribution in [1.29, 1.82) is 0 Å². The molecule has 0 spiro atoms. The van der Waals surface area contributed by atoms with Gasteiger partial charge in [-0.1, -0.05) is 0 Å². The quantitative estimate of drug-likeness (QED) is 0.646. The molecule has 28 heavy (non-hydrogen) atoms. The SMILES string of the molecule is Cc1cnc2c(c1)[C@H]1CCCN1c1ccn3ncc(c3n1)C(=O)NCCCO2. The summed E-state index contributed by atoms with van der Waals surface area (Å²) in [5.41, 5.74) is 3.29. The molecule has 3 aromatic heterocycles. The van der Waals surface area contributed by atoms with Crippen LogP contribution in [-0.2, 0) is 0 Å². The number of rotatable bonds is 0. The van der Waals surface area contributed by atoms with Gasteiger partial charge in [0.05, 0.1) is 18.8 Å². The fourth-order valence-electron chi connectivity index (χ4n) is 4.02. The molecule has 1 N–H and O–H groups in total. The van der Waals surface area contributed by atoms with Gasteiger partial charge >= 0.3 is 0 Å². The summed E-state index contributed by atoms with van der Waals surface area (Å²) in [4.78, 5) is 24.2. The molecule has 2 aliphatic heterocycles. The lowest BCUT2D eigenvalue weighted by Gasteiger charge is -2.27. The summed E-state index contributed by atoms with van der Waals surface area (Å²) in [5, 5.41) is 7.20. The number of hydrogen-bond donors (Lipinski definition) is 1. The molecule has 144 valence electrons. The number of carbonyl (C=O) groups is 1. The molecule has 0 aliphatic carbocycles. The Morgan fingerprint density at radius 2 is 2.21 bits per heavy atom. The fraction of sp³-hybridized carbons (Fsp3) is 0.400. The number of aromatic nitrogens is 4.